The second-order valence-corrected chi connectivity index (χ2v) is 7.48. The zero-order chi connectivity index (χ0) is 21.5. The van der Waals surface area contributed by atoms with Gasteiger partial charge in [-0.05, 0) is 45.7 Å². The van der Waals surface area contributed by atoms with Crippen LogP contribution in [0.2, 0.25) is 0 Å². The first-order valence-electron chi connectivity index (χ1n) is 10.7. The van der Waals surface area contributed by atoms with Gasteiger partial charge in [0.15, 0.2) is 11.8 Å². The Balaban J connectivity index is 1.70. The number of rotatable bonds is 7. The molecule has 1 N–H and O–H groups in total. The summed E-state index contributed by atoms with van der Waals surface area (Å²) in [5, 5.41) is 7.38. The van der Waals surface area contributed by atoms with E-state index in [1.54, 1.807) is 0 Å². The van der Waals surface area contributed by atoms with Crippen LogP contribution in [0.25, 0.3) is 0 Å². The molecule has 2 heterocycles. The van der Waals surface area contributed by atoms with E-state index in [9.17, 15) is 0 Å². The van der Waals surface area contributed by atoms with Gasteiger partial charge < -0.3 is 24.2 Å². The number of nitrogens with zero attached hydrogens (tertiary/aromatic N) is 4. The summed E-state index contributed by atoms with van der Waals surface area (Å²) in [6, 6.07) is 6.51. The van der Waals surface area contributed by atoms with E-state index in [1.165, 1.54) is 16.7 Å². The molecule has 1 aliphatic rings. The van der Waals surface area contributed by atoms with E-state index in [2.05, 4.69) is 59.3 Å². The minimum Gasteiger partial charge on any atom is -0.371 e. The zero-order valence-electron chi connectivity index (χ0n) is 18.6. The second-order valence-electron chi connectivity index (χ2n) is 7.48. The molecule has 2 unspecified atom stereocenters. The van der Waals surface area contributed by atoms with E-state index in [0.717, 1.165) is 25.6 Å². The van der Waals surface area contributed by atoms with E-state index in [1.807, 2.05) is 13.8 Å². The average molecular weight is 416 g/mol. The highest BCUT2D eigenvalue weighted by Crippen LogP contribution is 2.26. The maximum Gasteiger partial charge on any atom is 0.248 e. The standard InChI is InChI=1S/C22H33N5O3/c1-6-23-22(24-13-20-25-21(26-30-20)17(5)28-7-2)27-10-11-29-19(14-27)18-9-8-15(3)12-16(18)4/h8-9,12,17,19H,6-7,10-11,13-14H2,1-5H3,(H,23,24). The van der Waals surface area contributed by atoms with Crippen LogP contribution in [-0.4, -0.2) is 53.8 Å². The van der Waals surface area contributed by atoms with Gasteiger partial charge in [0.25, 0.3) is 0 Å². The molecule has 1 saturated heterocycles. The third-order valence-electron chi connectivity index (χ3n) is 5.10. The molecule has 3 rings (SSSR count). The third-order valence-corrected chi connectivity index (χ3v) is 5.10. The largest absolute Gasteiger partial charge is 0.371 e. The molecule has 0 saturated carbocycles. The Labute approximate surface area is 178 Å². The van der Waals surface area contributed by atoms with E-state index in [-0.39, 0.29) is 12.2 Å². The second kappa shape index (κ2) is 10.5. The third kappa shape index (κ3) is 5.58. The Morgan fingerprint density at radius 2 is 2.20 bits per heavy atom. The van der Waals surface area contributed by atoms with Crippen molar-refractivity contribution in [3.8, 4) is 0 Å². The van der Waals surface area contributed by atoms with E-state index < -0.39 is 0 Å². The molecule has 0 bridgehead atoms. The number of benzene rings is 1. The first kappa shape index (κ1) is 22.2. The Kier molecular flexibility index (Phi) is 7.81. The lowest BCUT2D eigenvalue weighted by molar-refractivity contribution is -0.00835. The Hall–Kier alpha value is -2.45. The van der Waals surface area contributed by atoms with Gasteiger partial charge in [0, 0.05) is 19.7 Å². The summed E-state index contributed by atoms with van der Waals surface area (Å²) in [5.41, 5.74) is 3.74. The highest BCUT2D eigenvalue weighted by Gasteiger charge is 2.25. The minimum absolute atomic E-state index is 0.0188. The number of hydrogen-bond acceptors (Lipinski definition) is 6. The van der Waals surface area contributed by atoms with Gasteiger partial charge in [-0.1, -0.05) is 28.9 Å². The number of aryl methyl sites for hydroxylation is 2. The summed E-state index contributed by atoms with van der Waals surface area (Å²) in [7, 11) is 0. The number of guanidine groups is 1. The maximum absolute atomic E-state index is 6.08. The molecular weight excluding hydrogens is 382 g/mol. The van der Waals surface area contributed by atoms with Crippen molar-refractivity contribution in [1.82, 2.24) is 20.4 Å². The maximum atomic E-state index is 6.08. The Bertz CT molecular complexity index is 851. The van der Waals surface area contributed by atoms with E-state index >= 15 is 0 Å². The van der Waals surface area contributed by atoms with Crippen LogP contribution in [0.15, 0.2) is 27.7 Å². The summed E-state index contributed by atoms with van der Waals surface area (Å²) in [6.45, 7) is 14.0. The summed E-state index contributed by atoms with van der Waals surface area (Å²) >= 11 is 0. The fraction of sp³-hybridized carbons (Fsp3) is 0.591. The highest BCUT2D eigenvalue weighted by atomic mass is 16.5. The molecule has 0 spiro atoms. The predicted molar refractivity (Wildman–Crippen MR) is 115 cm³/mol. The molecule has 2 aromatic rings. The summed E-state index contributed by atoms with van der Waals surface area (Å²) in [5.74, 6) is 1.85. The first-order chi connectivity index (χ1) is 14.5. The molecule has 30 heavy (non-hydrogen) atoms. The van der Waals surface area contributed by atoms with Crippen LogP contribution in [0.3, 0.4) is 0 Å². The first-order valence-corrected chi connectivity index (χ1v) is 10.7. The fourth-order valence-electron chi connectivity index (χ4n) is 3.61. The fourth-order valence-corrected chi connectivity index (χ4v) is 3.61. The van der Waals surface area contributed by atoms with E-state index in [4.69, 9.17) is 19.0 Å². The number of ether oxygens (including phenoxy) is 2. The molecule has 1 aromatic heterocycles. The summed E-state index contributed by atoms with van der Waals surface area (Å²) in [6.07, 6.45) is -0.173. The molecule has 8 nitrogen and oxygen atoms in total. The molecule has 0 aliphatic carbocycles. The number of nitrogens with one attached hydrogen (secondary N) is 1. The molecule has 1 aliphatic heterocycles. The van der Waals surface area contributed by atoms with Gasteiger partial charge in [-0.15, -0.1) is 0 Å². The van der Waals surface area contributed by atoms with Crippen molar-refractivity contribution in [1.29, 1.82) is 0 Å². The molecule has 1 aromatic carbocycles. The molecule has 1 fully saturated rings. The Morgan fingerprint density at radius 3 is 2.93 bits per heavy atom. The summed E-state index contributed by atoms with van der Waals surface area (Å²) < 4.78 is 16.9. The zero-order valence-corrected chi connectivity index (χ0v) is 18.6. The molecule has 164 valence electrons. The topological polar surface area (TPSA) is 85.0 Å². The van der Waals surface area contributed by atoms with Gasteiger partial charge in [-0.3, -0.25) is 0 Å². The van der Waals surface area contributed by atoms with Crippen molar-refractivity contribution in [3.63, 3.8) is 0 Å². The van der Waals surface area contributed by atoms with E-state index in [0.29, 0.717) is 31.5 Å². The quantitative estimate of drug-likeness (QED) is 0.548. The predicted octanol–water partition coefficient (Wildman–Crippen LogP) is 3.32. The SMILES string of the molecule is CCNC(=NCc1nc(C(C)OCC)no1)N1CCOC(c2ccc(C)cc2C)C1. The number of morpholine rings is 1. The van der Waals surface area contributed by atoms with Gasteiger partial charge in [0.2, 0.25) is 5.89 Å². The van der Waals surface area contributed by atoms with Crippen LogP contribution >= 0.6 is 0 Å². The number of hydrogen-bond donors (Lipinski definition) is 1. The summed E-state index contributed by atoms with van der Waals surface area (Å²) in [4.78, 5) is 11.4. The molecule has 2 atom stereocenters. The van der Waals surface area contributed by atoms with Crippen LogP contribution in [0.4, 0.5) is 0 Å². The highest BCUT2D eigenvalue weighted by molar-refractivity contribution is 5.80. The van der Waals surface area contributed by atoms with Crippen LogP contribution in [-0.2, 0) is 16.0 Å². The smallest absolute Gasteiger partial charge is 0.248 e. The molecule has 0 radical (unpaired) electrons. The van der Waals surface area contributed by atoms with Crippen molar-refractivity contribution in [2.24, 2.45) is 4.99 Å². The monoisotopic (exact) mass is 415 g/mol. The van der Waals surface area contributed by atoms with Crippen LogP contribution in [0.1, 0.15) is 61.4 Å². The van der Waals surface area contributed by atoms with Gasteiger partial charge in [0.1, 0.15) is 18.8 Å². The average Bonchev–Trinajstić information content (AvgIpc) is 3.20. The van der Waals surface area contributed by atoms with Crippen molar-refractivity contribution in [2.45, 2.75) is 53.4 Å². The molecule has 8 heteroatoms. The Morgan fingerprint density at radius 1 is 1.37 bits per heavy atom. The minimum atomic E-state index is -0.192. The number of aromatic nitrogens is 2. The van der Waals surface area contributed by atoms with Gasteiger partial charge >= 0.3 is 0 Å². The van der Waals surface area contributed by atoms with Gasteiger partial charge in [-0.25, -0.2) is 4.99 Å². The van der Waals surface area contributed by atoms with Crippen molar-refractivity contribution in [3.05, 3.63) is 46.6 Å². The van der Waals surface area contributed by atoms with Crippen LogP contribution in [0, 0.1) is 13.8 Å². The number of aliphatic imine (C=N–C) groups is 1. The lowest BCUT2D eigenvalue weighted by Gasteiger charge is -2.35. The van der Waals surface area contributed by atoms with Crippen molar-refractivity contribution in [2.75, 3.05) is 32.8 Å². The molecule has 0 amide bonds. The normalized spacial score (nSPS) is 18.5. The van der Waals surface area contributed by atoms with Crippen molar-refractivity contribution < 1.29 is 14.0 Å². The van der Waals surface area contributed by atoms with Crippen molar-refractivity contribution >= 4 is 5.96 Å². The lowest BCUT2D eigenvalue weighted by Crippen LogP contribution is -2.48. The van der Waals surface area contributed by atoms with Gasteiger partial charge in [-0.2, -0.15) is 4.98 Å². The van der Waals surface area contributed by atoms with Crippen LogP contribution in [0.5, 0.6) is 0 Å². The van der Waals surface area contributed by atoms with Crippen LogP contribution < -0.4 is 5.32 Å². The van der Waals surface area contributed by atoms with Gasteiger partial charge in [0.05, 0.1) is 13.2 Å². The lowest BCUT2D eigenvalue weighted by atomic mass is 10.00. The molecular formula is C22H33N5O3.